The van der Waals surface area contributed by atoms with Gasteiger partial charge in [0.15, 0.2) is 0 Å². The summed E-state index contributed by atoms with van der Waals surface area (Å²) in [6, 6.07) is 13.3. The number of amides is 1. The molecule has 0 aliphatic heterocycles. The number of hydrogen-bond acceptors (Lipinski definition) is 7. The Hall–Kier alpha value is -4.44. The Morgan fingerprint density at radius 2 is 1.84 bits per heavy atom. The van der Waals surface area contributed by atoms with Gasteiger partial charge in [0.05, 0.1) is 11.0 Å². The van der Waals surface area contributed by atoms with Crippen LogP contribution in [0.3, 0.4) is 0 Å². The molecule has 0 spiro atoms. The van der Waals surface area contributed by atoms with Gasteiger partial charge in [-0.3, -0.25) is 9.36 Å². The second-order valence-corrected chi connectivity index (χ2v) is 9.22. The summed E-state index contributed by atoms with van der Waals surface area (Å²) >= 11 is 0. The second kappa shape index (κ2) is 10.7. The zero-order valence-electron chi connectivity index (χ0n) is 21.8. The van der Waals surface area contributed by atoms with Gasteiger partial charge in [0.2, 0.25) is 11.9 Å². The SMILES string of the molecule is Cc1cc(N(C)CCN(C)C)c(C=CC(N)=O)cc1Nc1nccc(-n2c(=O)n(C)c3ccccc32)n1. The standard InChI is InChI=1S/C27H32N8O2/c1-18-16-23(33(4)15-14-32(2)3)19(10-11-24(28)36)17-20(18)30-26-29-13-12-25(31-26)35-22-9-7-6-8-21(22)34(5)27(35)37/h6-13,16-17H,14-15H2,1-5H3,(H2,28,36)(H,29,30,31). The molecule has 2 aromatic carbocycles. The highest BCUT2D eigenvalue weighted by molar-refractivity contribution is 5.92. The van der Waals surface area contributed by atoms with Gasteiger partial charge in [0, 0.05) is 62.5 Å². The molecular weight excluding hydrogens is 468 g/mol. The van der Waals surface area contributed by atoms with Crippen molar-refractivity contribution in [2.24, 2.45) is 12.8 Å². The van der Waals surface area contributed by atoms with Crippen molar-refractivity contribution in [3.05, 3.63) is 76.3 Å². The summed E-state index contributed by atoms with van der Waals surface area (Å²) in [5.41, 5.74) is 10.3. The van der Waals surface area contributed by atoms with Crippen LogP contribution in [0.5, 0.6) is 0 Å². The van der Waals surface area contributed by atoms with E-state index in [4.69, 9.17) is 5.73 Å². The number of carbonyl (C=O) groups is 1. The summed E-state index contributed by atoms with van der Waals surface area (Å²) in [5.74, 6) is 0.290. The smallest absolute Gasteiger partial charge is 0.334 e. The Morgan fingerprint density at radius 1 is 1.11 bits per heavy atom. The topological polar surface area (TPSA) is 114 Å². The number of aromatic nitrogens is 4. The van der Waals surface area contributed by atoms with E-state index in [9.17, 15) is 9.59 Å². The summed E-state index contributed by atoms with van der Waals surface area (Å²) in [7, 11) is 7.81. The molecule has 0 bridgehead atoms. The van der Waals surface area contributed by atoms with Crippen LogP contribution in [-0.2, 0) is 11.8 Å². The first-order valence-electron chi connectivity index (χ1n) is 11.9. The zero-order valence-corrected chi connectivity index (χ0v) is 21.8. The molecule has 0 fully saturated rings. The molecule has 2 heterocycles. The predicted octanol–water partition coefficient (Wildman–Crippen LogP) is 2.67. The number of para-hydroxylation sites is 2. The number of rotatable bonds is 9. The van der Waals surface area contributed by atoms with Crippen molar-refractivity contribution in [1.29, 1.82) is 0 Å². The predicted molar refractivity (Wildman–Crippen MR) is 149 cm³/mol. The van der Waals surface area contributed by atoms with Gasteiger partial charge in [-0.2, -0.15) is 4.98 Å². The fourth-order valence-corrected chi connectivity index (χ4v) is 4.12. The number of likely N-dealkylation sites (N-methyl/N-ethyl adjacent to an activating group) is 2. The van der Waals surface area contributed by atoms with Gasteiger partial charge in [-0.15, -0.1) is 0 Å². The molecule has 3 N–H and O–H groups in total. The molecule has 0 saturated heterocycles. The summed E-state index contributed by atoms with van der Waals surface area (Å²) in [6.07, 6.45) is 4.68. The van der Waals surface area contributed by atoms with Gasteiger partial charge in [-0.05, 0) is 56.9 Å². The number of primary amides is 1. The third-order valence-electron chi connectivity index (χ3n) is 6.17. The Morgan fingerprint density at radius 3 is 2.54 bits per heavy atom. The van der Waals surface area contributed by atoms with Crippen molar-refractivity contribution in [3.8, 4) is 5.82 Å². The number of nitrogens with zero attached hydrogens (tertiary/aromatic N) is 6. The minimum atomic E-state index is -0.520. The lowest BCUT2D eigenvalue weighted by Crippen LogP contribution is -2.29. The van der Waals surface area contributed by atoms with Gasteiger partial charge < -0.3 is 20.9 Å². The van der Waals surface area contributed by atoms with E-state index in [-0.39, 0.29) is 5.69 Å². The summed E-state index contributed by atoms with van der Waals surface area (Å²) in [6.45, 7) is 3.68. The van der Waals surface area contributed by atoms with E-state index in [2.05, 4.69) is 31.2 Å². The minimum Gasteiger partial charge on any atom is -0.373 e. The molecule has 0 radical (unpaired) electrons. The van der Waals surface area contributed by atoms with Gasteiger partial charge in [0.25, 0.3) is 0 Å². The van der Waals surface area contributed by atoms with Crippen molar-refractivity contribution < 1.29 is 4.79 Å². The maximum absolute atomic E-state index is 13.0. The van der Waals surface area contributed by atoms with Crippen molar-refractivity contribution in [3.63, 3.8) is 0 Å². The van der Waals surface area contributed by atoms with Gasteiger partial charge in [-0.25, -0.2) is 14.3 Å². The summed E-state index contributed by atoms with van der Waals surface area (Å²) in [4.78, 5) is 37.7. The number of carbonyl (C=O) groups excluding carboxylic acids is 1. The van der Waals surface area contributed by atoms with Crippen LogP contribution >= 0.6 is 0 Å². The third-order valence-corrected chi connectivity index (χ3v) is 6.17. The van der Waals surface area contributed by atoms with Gasteiger partial charge in [0.1, 0.15) is 5.82 Å². The Kier molecular flexibility index (Phi) is 7.40. The van der Waals surface area contributed by atoms with Crippen LogP contribution in [0.15, 0.2) is 59.5 Å². The normalized spacial score (nSPS) is 11.5. The summed E-state index contributed by atoms with van der Waals surface area (Å²) in [5, 5.41) is 3.28. The number of anilines is 3. The molecular formula is C27H32N8O2. The molecule has 2 aromatic heterocycles. The molecule has 37 heavy (non-hydrogen) atoms. The first kappa shape index (κ1) is 25.6. The Balaban J connectivity index is 1.72. The van der Waals surface area contributed by atoms with Crippen molar-refractivity contribution in [1.82, 2.24) is 24.0 Å². The highest BCUT2D eigenvalue weighted by atomic mass is 16.2. The molecule has 1 amide bonds. The van der Waals surface area contributed by atoms with Crippen LogP contribution in [0, 0.1) is 6.92 Å². The average Bonchev–Trinajstić information content (AvgIpc) is 3.12. The fourth-order valence-electron chi connectivity index (χ4n) is 4.12. The zero-order chi connectivity index (χ0) is 26.7. The molecule has 0 atom stereocenters. The number of benzene rings is 2. The highest BCUT2D eigenvalue weighted by Crippen LogP contribution is 2.30. The average molecular weight is 501 g/mol. The van der Waals surface area contributed by atoms with Crippen molar-refractivity contribution >= 4 is 40.3 Å². The Bertz CT molecular complexity index is 1530. The molecule has 192 valence electrons. The van der Waals surface area contributed by atoms with E-state index in [0.29, 0.717) is 11.8 Å². The highest BCUT2D eigenvalue weighted by Gasteiger charge is 2.15. The van der Waals surface area contributed by atoms with Crippen LogP contribution in [0.25, 0.3) is 22.9 Å². The van der Waals surface area contributed by atoms with Crippen LogP contribution in [0.1, 0.15) is 11.1 Å². The van der Waals surface area contributed by atoms with Crippen LogP contribution in [0.4, 0.5) is 17.3 Å². The van der Waals surface area contributed by atoms with E-state index in [1.807, 2.05) is 58.4 Å². The maximum atomic E-state index is 13.0. The first-order chi connectivity index (χ1) is 17.7. The van der Waals surface area contributed by atoms with Crippen molar-refractivity contribution in [2.75, 3.05) is 44.4 Å². The molecule has 0 aliphatic rings. The van der Waals surface area contributed by atoms with Crippen LogP contribution in [-0.4, -0.2) is 64.1 Å². The summed E-state index contributed by atoms with van der Waals surface area (Å²) < 4.78 is 3.16. The number of imidazole rings is 1. The minimum absolute atomic E-state index is 0.189. The molecule has 4 rings (SSSR count). The number of fused-ring (bicyclic) bond motifs is 1. The molecule has 10 heteroatoms. The largest absolute Gasteiger partial charge is 0.373 e. The Labute approximate surface area is 215 Å². The fraction of sp³-hybridized carbons (Fsp3) is 0.259. The lowest BCUT2D eigenvalue weighted by molar-refractivity contribution is -0.113. The molecule has 4 aromatic rings. The number of nitrogens with one attached hydrogen (secondary N) is 1. The monoisotopic (exact) mass is 500 g/mol. The quantitative estimate of drug-likeness (QED) is 0.340. The van der Waals surface area contributed by atoms with Gasteiger partial charge >= 0.3 is 5.69 Å². The molecule has 0 aliphatic carbocycles. The van der Waals surface area contributed by atoms with E-state index >= 15 is 0 Å². The lowest BCUT2D eigenvalue weighted by atomic mass is 10.1. The number of hydrogen-bond donors (Lipinski definition) is 2. The maximum Gasteiger partial charge on any atom is 0.334 e. The van der Waals surface area contributed by atoms with Gasteiger partial charge in [-0.1, -0.05) is 12.1 Å². The number of nitrogens with two attached hydrogens (primary N) is 1. The molecule has 10 nitrogen and oxygen atoms in total. The van der Waals surface area contributed by atoms with Crippen molar-refractivity contribution in [2.45, 2.75) is 6.92 Å². The van der Waals surface area contributed by atoms with E-state index in [1.54, 1.807) is 34.5 Å². The lowest BCUT2D eigenvalue weighted by Gasteiger charge is -2.25. The van der Waals surface area contributed by atoms with E-state index < -0.39 is 5.91 Å². The third kappa shape index (κ3) is 5.54. The first-order valence-corrected chi connectivity index (χ1v) is 11.9. The molecule has 0 unspecified atom stereocenters. The second-order valence-electron chi connectivity index (χ2n) is 9.22. The van der Waals surface area contributed by atoms with E-state index in [1.165, 1.54) is 6.08 Å². The van der Waals surface area contributed by atoms with E-state index in [0.717, 1.165) is 46.6 Å². The van der Waals surface area contributed by atoms with Crippen LogP contribution < -0.4 is 21.6 Å². The van der Waals surface area contributed by atoms with Crippen LogP contribution in [0.2, 0.25) is 0 Å². The number of aryl methyl sites for hydroxylation is 2. The molecule has 0 saturated carbocycles.